The van der Waals surface area contributed by atoms with Crippen LogP contribution in [0.15, 0.2) is 6.07 Å². The van der Waals surface area contributed by atoms with Crippen molar-refractivity contribution < 1.29 is 5.11 Å². The Labute approximate surface area is 133 Å². The molecular formula is C14H22N4OS2. The van der Waals surface area contributed by atoms with Crippen molar-refractivity contribution in [2.75, 3.05) is 42.3 Å². The highest BCUT2D eigenvalue weighted by molar-refractivity contribution is 7.99. The van der Waals surface area contributed by atoms with Crippen LogP contribution in [0.25, 0.3) is 10.2 Å². The molecule has 0 bridgehead atoms. The van der Waals surface area contributed by atoms with Crippen LogP contribution in [0.5, 0.6) is 0 Å². The van der Waals surface area contributed by atoms with Gasteiger partial charge in [-0.3, -0.25) is 0 Å². The molecule has 0 unspecified atom stereocenters. The zero-order valence-corrected chi connectivity index (χ0v) is 14.1. The number of hydrogen-bond acceptors (Lipinski definition) is 7. The third-order valence-electron chi connectivity index (χ3n) is 3.00. The van der Waals surface area contributed by atoms with Gasteiger partial charge in [-0.2, -0.15) is 16.7 Å². The van der Waals surface area contributed by atoms with Crippen LogP contribution in [0.3, 0.4) is 0 Å². The van der Waals surface area contributed by atoms with Gasteiger partial charge < -0.3 is 15.7 Å². The highest BCUT2D eigenvalue weighted by Gasteiger charge is 2.10. The van der Waals surface area contributed by atoms with E-state index in [4.69, 9.17) is 5.11 Å². The Bertz CT molecular complexity index is 573. The van der Waals surface area contributed by atoms with E-state index in [0.29, 0.717) is 5.95 Å². The maximum atomic E-state index is 8.75. The smallest absolute Gasteiger partial charge is 0.225 e. The first-order valence-corrected chi connectivity index (χ1v) is 9.16. The maximum absolute atomic E-state index is 8.75. The van der Waals surface area contributed by atoms with Gasteiger partial charge in [0.1, 0.15) is 10.6 Å². The molecule has 0 saturated heterocycles. The summed E-state index contributed by atoms with van der Waals surface area (Å²) in [7, 11) is 1.84. The first kappa shape index (κ1) is 16.3. The number of fused-ring (bicyclic) bond motifs is 1. The van der Waals surface area contributed by atoms with Gasteiger partial charge in [0.15, 0.2) is 0 Å². The van der Waals surface area contributed by atoms with Crippen molar-refractivity contribution in [3.05, 3.63) is 10.9 Å². The van der Waals surface area contributed by atoms with E-state index in [2.05, 4.69) is 33.6 Å². The highest BCUT2D eigenvalue weighted by Crippen LogP contribution is 2.30. The summed E-state index contributed by atoms with van der Waals surface area (Å²) in [5, 5.41) is 16.3. The van der Waals surface area contributed by atoms with Crippen LogP contribution >= 0.6 is 23.1 Å². The quantitative estimate of drug-likeness (QED) is 0.616. The van der Waals surface area contributed by atoms with Crippen LogP contribution in [-0.2, 0) is 6.42 Å². The Morgan fingerprint density at radius 3 is 2.90 bits per heavy atom. The number of nitrogens with one attached hydrogen (secondary N) is 2. The van der Waals surface area contributed by atoms with Crippen LogP contribution in [0.2, 0.25) is 0 Å². The molecule has 0 radical (unpaired) electrons. The summed E-state index contributed by atoms with van der Waals surface area (Å²) in [5.74, 6) is 3.56. The summed E-state index contributed by atoms with van der Waals surface area (Å²) in [4.78, 5) is 11.4. The molecule has 0 amide bonds. The maximum Gasteiger partial charge on any atom is 0.225 e. The van der Waals surface area contributed by atoms with Gasteiger partial charge in [0.25, 0.3) is 0 Å². The van der Waals surface area contributed by atoms with E-state index < -0.39 is 0 Å². The summed E-state index contributed by atoms with van der Waals surface area (Å²) in [5.41, 5.74) is 0. The van der Waals surface area contributed by atoms with Crippen molar-refractivity contribution in [1.29, 1.82) is 0 Å². The average Bonchev–Trinajstić information content (AvgIpc) is 2.93. The Balaban J connectivity index is 2.04. The van der Waals surface area contributed by atoms with Crippen molar-refractivity contribution in [1.82, 2.24) is 9.97 Å². The molecule has 2 aromatic heterocycles. The SMILES string of the molecule is CCc1cc2c(NCCSCCCO)nc(NC)nc2s1. The molecule has 3 N–H and O–H groups in total. The van der Waals surface area contributed by atoms with Crippen molar-refractivity contribution in [2.45, 2.75) is 19.8 Å². The second-order valence-electron chi connectivity index (χ2n) is 4.55. The minimum absolute atomic E-state index is 0.271. The van der Waals surface area contributed by atoms with E-state index in [1.54, 1.807) is 11.3 Å². The second-order valence-corrected chi connectivity index (χ2v) is 6.89. The zero-order valence-electron chi connectivity index (χ0n) is 12.5. The summed E-state index contributed by atoms with van der Waals surface area (Å²) < 4.78 is 0. The predicted molar refractivity (Wildman–Crippen MR) is 93.9 cm³/mol. The van der Waals surface area contributed by atoms with Gasteiger partial charge in [0.2, 0.25) is 5.95 Å². The Hall–Kier alpha value is -1.05. The fraction of sp³-hybridized carbons (Fsp3) is 0.571. The van der Waals surface area contributed by atoms with Crippen LogP contribution in [-0.4, -0.2) is 46.8 Å². The third-order valence-corrected chi connectivity index (χ3v) is 5.24. The lowest BCUT2D eigenvalue weighted by Gasteiger charge is -2.08. The summed E-state index contributed by atoms with van der Waals surface area (Å²) in [6.07, 6.45) is 1.88. The van der Waals surface area contributed by atoms with E-state index >= 15 is 0 Å². The van der Waals surface area contributed by atoms with Gasteiger partial charge in [-0.05, 0) is 24.7 Å². The van der Waals surface area contributed by atoms with Gasteiger partial charge >= 0.3 is 0 Å². The number of anilines is 2. The Morgan fingerprint density at radius 1 is 1.33 bits per heavy atom. The monoisotopic (exact) mass is 326 g/mol. The summed E-state index contributed by atoms with van der Waals surface area (Å²) in [6, 6.07) is 2.18. The molecule has 0 fully saturated rings. The molecule has 116 valence electrons. The fourth-order valence-corrected chi connectivity index (χ4v) is 3.65. The standard InChI is InChI=1S/C14H22N4OS2/c1-3-10-9-11-12(16-5-8-20-7-4-6-19)17-14(15-2)18-13(11)21-10/h9,19H,3-8H2,1-2H3,(H2,15,16,17,18). The third kappa shape index (κ3) is 4.46. The van der Waals surface area contributed by atoms with Crippen LogP contribution in [0.4, 0.5) is 11.8 Å². The zero-order chi connectivity index (χ0) is 15.1. The molecule has 0 aliphatic heterocycles. The largest absolute Gasteiger partial charge is 0.396 e. The molecule has 0 aromatic carbocycles. The van der Waals surface area contributed by atoms with Gasteiger partial charge in [-0.1, -0.05) is 6.92 Å². The molecule has 0 aliphatic rings. The number of rotatable bonds is 9. The second kappa shape index (κ2) is 8.41. The summed E-state index contributed by atoms with van der Waals surface area (Å²) in [6.45, 7) is 3.29. The predicted octanol–water partition coefficient (Wildman–Crippen LogP) is 2.82. The Kier molecular flexibility index (Phi) is 6.53. The lowest BCUT2D eigenvalue weighted by molar-refractivity contribution is 0.296. The van der Waals surface area contributed by atoms with E-state index in [1.165, 1.54) is 4.88 Å². The number of thiophene rings is 1. The van der Waals surface area contributed by atoms with E-state index in [1.807, 2.05) is 18.8 Å². The molecule has 0 aliphatic carbocycles. The molecule has 2 rings (SSSR count). The topological polar surface area (TPSA) is 70.1 Å². The van der Waals surface area contributed by atoms with E-state index in [9.17, 15) is 0 Å². The van der Waals surface area contributed by atoms with Gasteiger partial charge in [0, 0.05) is 30.8 Å². The van der Waals surface area contributed by atoms with Crippen molar-refractivity contribution in [3.63, 3.8) is 0 Å². The average molecular weight is 326 g/mol. The first-order chi connectivity index (χ1) is 10.3. The van der Waals surface area contributed by atoms with Crippen molar-refractivity contribution in [2.24, 2.45) is 0 Å². The number of aryl methyl sites for hydroxylation is 1. The van der Waals surface area contributed by atoms with Crippen molar-refractivity contribution in [3.8, 4) is 0 Å². The van der Waals surface area contributed by atoms with E-state index in [-0.39, 0.29) is 6.61 Å². The molecule has 21 heavy (non-hydrogen) atoms. The number of aliphatic hydroxyl groups excluding tert-OH is 1. The summed E-state index contributed by atoms with van der Waals surface area (Å²) >= 11 is 3.57. The number of nitrogens with zero attached hydrogens (tertiary/aromatic N) is 2. The van der Waals surface area contributed by atoms with Gasteiger partial charge in [-0.15, -0.1) is 11.3 Å². The van der Waals surface area contributed by atoms with Crippen LogP contribution in [0, 0.1) is 0 Å². The minimum Gasteiger partial charge on any atom is -0.396 e. The molecular weight excluding hydrogens is 304 g/mol. The number of hydrogen-bond donors (Lipinski definition) is 3. The minimum atomic E-state index is 0.271. The number of thioether (sulfide) groups is 1. The normalized spacial score (nSPS) is 11.0. The molecule has 7 heteroatoms. The number of aromatic nitrogens is 2. The molecule has 2 heterocycles. The molecule has 2 aromatic rings. The fourth-order valence-electron chi connectivity index (χ4n) is 1.90. The van der Waals surface area contributed by atoms with Crippen LogP contribution in [0.1, 0.15) is 18.2 Å². The molecule has 0 atom stereocenters. The molecule has 0 saturated carbocycles. The lowest BCUT2D eigenvalue weighted by Crippen LogP contribution is -2.08. The molecule has 0 spiro atoms. The lowest BCUT2D eigenvalue weighted by atomic mass is 10.3. The van der Waals surface area contributed by atoms with E-state index in [0.717, 1.165) is 46.9 Å². The molecule has 5 nitrogen and oxygen atoms in total. The Morgan fingerprint density at radius 2 is 2.19 bits per heavy atom. The highest BCUT2D eigenvalue weighted by atomic mass is 32.2. The van der Waals surface area contributed by atoms with Gasteiger partial charge in [-0.25, -0.2) is 4.98 Å². The first-order valence-electron chi connectivity index (χ1n) is 7.19. The number of aliphatic hydroxyl groups is 1. The van der Waals surface area contributed by atoms with Crippen molar-refractivity contribution >= 4 is 45.1 Å². The van der Waals surface area contributed by atoms with Crippen LogP contribution < -0.4 is 10.6 Å². The van der Waals surface area contributed by atoms with Gasteiger partial charge in [0.05, 0.1) is 5.39 Å².